The van der Waals surface area contributed by atoms with Crippen LogP contribution in [0.3, 0.4) is 0 Å². The van der Waals surface area contributed by atoms with Gasteiger partial charge in [-0.15, -0.1) is 0 Å². The zero-order chi connectivity index (χ0) is 10.7. The van der Waals surface area contributed by atoms with Crippen LogP contribution in [0.4, 0.5) is 0 Å². The average molecular weight is 213 g/mol. The summed E-state index contributed by atoms with van der Waals surface area (Å²) < 4.78 is 5.08. The van der Waals surface area contributed by atoms with Gasteiger partial charge >= 0.3 is 0 Å². The van der Waals surface area contributed by atoms with E-state index in [0.717, 1.165) is 11.1 Å². The van der Waals surface area contributed by atoms with Crippen LogP contribution in [0.5, 0.6) is 5.75 Å². The molecule has 0 amide bonds. The van der Waals surface area contributed by atoms with Gasteiger partial charge in [0.05, 0.1) is 12.1 Å². The molecule has 14 heavy (non-hydrogen) atoms. The van der Waals surface area contributed by atoms with Crippen LogP contribution in [0.15, 0.2) is 17.1 Å². The van der Waals surface area contributed by atoms with Crippen LogP contribution in [0.25, 0.3) is 0 Å². The monoisotopic (exact) mass is 212 g/mol. The van der Waals surface area contributed by atoms with Crippen molar-refractivity contribution in [2.24, 2.45) is 10.7 Å². The number of benzene rings is 1. The van der Waals surface area contributed by atoms with Crippen molar-refractivity contribution in [2.75, 3.05) is 14.2 Å². The van der Waals surface area contributed by atoms with Gasteiger partial charge in [0.2, 0.25) is 0 Å². The summed E-state index contributed by atoms with van der Waals surface area (Å²) in [5.41, 5.74) is 7.55. The maximum atomic E-state index is 5.97. The lowest BCUT2D eigenvalue weighted by atomic mass is 10.1. The van der Waals surface area contributed by atoms with Crippen LogP contribution in [-0.4, -0.2) is 20.0 Å². The van der Waals surface area contributed by atoms with Gasteiger partial charge in [0.25, 0.3) is 0 Å². The number of hydrogen-bond donors (Lipinski definition) is 1. The molecule has 1 aromatic rings. The van der Waals surface area contributed by atoms with Gasteiger partial charge in [-0.2, -0.15) is 0 Å². The van der Waals surface area contributed by atoms with Crippen molar-refractivity contribution in [1.82, 2.24) is 0 Å². The Morgan fingerprint density at radius 3 is 2.64 bits per heavy atom. The van der Waals surface area contributed by atoms with Crippen LogP contribution in [0, 0.1) is 6.92 Å². The predicted molar refractivity (Wildman–Crippen MR) is 59.4 cm³/mol. The number of aliphatic imine (C=N–C) groups is 1. The van der Waals surface area contributed by atoms with E-state index >= 15 is 0 Å². The fraction of sp³-hybridized carbons (Fsp3) is 0.300. The number of nitrogens with two attached hydrogens (primary N) is 1. The number of ether oxygens (including phenoxy) is 1. The first kappa shape index (κ1) is 10.9. The Bertz CT molecular complexity index is 375. The summed E-state index contributed by atoms with van der Waals surface area (Å²) in [6.07, 6.45) is 0. The van der Waals surface area contributed by atoms with E-state index < -0.39 is 0 Å². The molecule has 0 spiro atoms. The first-order chi connectivity index (χ1) is 6.60. The largest absolute Gasteiger partial charge is 0.495 e. The first-order valence-corrected chi connectivity index (χ1v) is 4.54. The fourth-order valence-corrected chi connectivity index (χ4v) is 1.45. The molecule has 0 fully saturated rings. The van der Waals surface area contributed by atoms with Gasteiger partial charge in [-0.1, -0.05) is 11.6 Å². The molecule has 1 rings (SSSR count). The zero-order valence-corrected chi connectivity index (χ0v) is 9.22. The van der Waals surface area contributed by atoms with E-state index in [4.69, 9.17) is 22.1 Å². The summed E-state index contributed by atoms with van der Waals surface area (Å²) in [6.45, 7) is 1.94. The van der Waals surface area contributed by atoms with Crippen molar-refractivity contribution >= 4 is 17.4 Å². The van der Waals surface area contributed by atoms with Crippen LogP contribution < -0.4 is 10.5 Å². The molecule has 1 aromatic carbocycles. The minimum absolute atomic E-state index is 0.479. The minimum atomic E-state index is 0.479. The lowest BCUT2D eigenvalue weighted by Gasteiger charge is -2.09. The van der Waals surface area contributed by atoms with Gasteiger partial charge < -0.3 is 10.5 Å². The second-order valence-corrected chi connectivity index (χ2v) is 3.32. The first-order valence-electron chi connectivity index (χ1n) is 4.17. The highest BCUT2D eigenvalue weighted by Crippen LogP contribution is 2.27. The normalized spacial score (nSPS) is 11.6. The molecule has 3 nitrogen and oxygen atoms in total. The van der Waals surface area contributed by atoms with Crippen molar-refractivity contribution in [3.05, 3.63) is 28.3 Å². The van der Waals surface area contributed by atoms with E-state index in [1.165, 1.54) is 0 Å². The van der Waals surface area contributed by atoms with Crippen LogP contribution in [0.2, 0.25) is 5.02 Å². The maximum Gasteiger partial charge on any atom is 0.137 e. The topological polar surface area (TPSA) is 47.6 Å². The van der Waals surface area contributed by atoms with Gasteiger partial charge in [-0.25, -0.2) is 0 Å². The highest BCUT2D eigenvalue weighted by Gasteiger charge is 2.08. The molecule has 0 bridgehead atoms. The van der Waals surface area contributed by atoms with Crippen molar-refractivity contribution in [1.29, 1.82) is 0 Å². The number of methoxy groups -OCH3 is 1. The summed E-state index contributed by atoms with van der Waals surface area (Å²) in [7, 11) is 3.23. The second kappa shape index (κ2) is 4.33. The molecule has 0 saturated carbocycles. The van der Waals surface area contributed by atoms with Crippen LogP contribution in [0.1, 0.15) is 11.1 Å². The molecule has 0 aromatic heterocycles. The zero-order valence-electron chi connectivity index (χ0n) is 8.47. The molecular formula is C10H13ClN2O. The lowest BCUT2D eigenvalue weighted by Crippen LogP contribution is -2.14. The van der Waals surface area contributed by atoms with Crippen LogP contribution >= 0.6 is 11.6 Å². The lowest BCUT2D eigenvalue weighted by molar-refractivity contribution is 0.414. The van der Waals surface area contributed by atoms with E-state index in [-0.39, 0.29) is 0 Å². The third-order valence-corrected chi connectivity index (χ3v) is 2.31. The van der Waals surface area contributed by atoms with Crippen molar-refractivity contribution in [3.63, 3.8) is 0 Å². The number of nitrogens with zero attached hydrogens (tertiary/aromatic N) is 1. The standard InChI is InChI=1S/C10H13ClN2O/c1-6-4-9(14-3)8(11)5-7(6)10(12)13-2/h4-5H,1-3H3,(H2,12,13). The highest BCUT2D eigenvalue weighted by atomic mass is 35.5. The Morgan fingerprint density at radius 2 is 2.14 bits per heavy atom. The summed E-state index contributed by atoms with van der Waals surface area (Å²) in [5.74, 6) is 1.13. The Kier molecular flexibility index (Phi) is 3.36. The number of rotatable bonds is 2. The van der Waals surface area contributed by atoms with Crippen molar-refractivity contribution in [3.8, 4) is 5.75 Å². The Balaban J connectivity index is 3.29. The molecule has 0 aliphatic carbocycles. The van der Waals surface area contributed by atoms with Crippen molar-refractivity contribution < 1.29 is 4.74 Å². The summed E-state index contributed by atoms with van der Waals surface area (Å²) in [5, 5.41) is 0.541. The van der Waals surface area contributed by atoms with Gasteiger partial charge in [0, 0.05) is 12.6 Å². The van der Waals surface area contributed by atoms with E-state index in [1.54, 1.807) is 20.2 Å². The third kappa shape index (κ3) is 1.99. The molecule has 0 aliphatic rings. The highest BCUT2D eigenvalue weighted by molar-refractivity contribution is 6.32. The van der Waals surface area contributed by atoms with Gasteiger partial charge in [0.15, 0.2) is 0 Å². The predicted octanol–water partition coefficient (Wildman–Crippen LogP) is 1.99. The maximum absolute atomic E-state index is 5.97. The number of aryl methyl sites for hydroxylation is 1. The second-order valence-electron chi connectivity index (χ2n) is 2.91. The van der Waals surface area contributed by atoms with Crippen molar-refractivity contribution in [2.45, 2.75) is 6.92 Å². The average Bonchev–Trinajstić information content (AvgIpc) is 2.19. The third-order valence-electron chi connectivity index (χ3n) is 2.02. The molecule has 4 heteroatoms. The molecule has 76 valence electrons. The molecule has 0 aliphatic heterocycles. The van der Waals surface area contributed by atoms with E-state index in [0.29, 0.717) is 16.6 Å². The van der Waals surface area contributed by atoms with Gasteiger partial charge in [-0.05, 0) is 24.6 Å². The number of hydrogen-bond acceptors (Lipinski definition) is 2. The van der Waals surface area contributed by atoms with Crippen LogP contribution in [-0.2, 0) is 0 Å². The number of amidine groups is 1. The van der Waals surface area contributed by atoms with E-state index in [2.05, 4.69) is 4.99 Å². The SMILES string of the molecule is CN=C(N)c1cc(Cl)c(OC)cc1C. The molecule has 2 N–H and O–H groups in total. The van der Waals surface area contributed by atoms with Gasteiger partial charge in [-0.3, -0.25) is 4.99 Å². The molecule has 0 atom stereocenters. The molecular weight excluding hydrogens is 200 g/mol. The van der Waals surface area contributed by atoms with E-state index in [1.807, 2.05) is 13.0 Å². The molecule has 0 heterocycles. The smallest absolute Gasteiger partial charge is 0.137 e. The molecule has 0 unspecified atom stereocenters. The Morgan fingerprint density at radius 1 is 1.50 bits per heavy atom. The summed E-state index contributed by atoms with van der Waals surface area (Å²) in [4.78, 5) is 3.91. The summed E-state index contributed by atoms with van der Waals surface area (Å²) in [6, 6.07) is 3.60. The molecule has 0 saturated heterocycles. The Labute approximate surface area is 88.5 Å². The fourth-order valence-electron chi connectivity index (χ4n) is 1.21. The van der Waals surface area contributed by atoms with Gasteiger partial charge in [0.1, 0.15) is 11.6 Å². The molecule has 0 radical (unpaired) electrons. The Hall–Kier alpha value is -1.22. The summed E-state index contributed by atoms with van der Waals surface area (Å²) >= 11 is 5.97. The number of halogens is 1. The minimum Gasteiger partial charge on any atom is -0.495 e. The quantitative estimate of drug-likeness (QED) is 0.602. The van der Waals surface area contributed by atoms with E-state index in [9.17, 15) is 0 Å².